The normalized spacial score (nSPS) is 21.4. The lowest BCUT2D eigenvalue weighted by molar-refractivity contribution is -0.140. The molecule has 0 aromatic heterocycles. The zero-order chi connectivity index (χ0) is 20.4. The Labute approximate surface area is 175 Å². The van der Waals surface area contributed by atoms with Gasteiger partial charge in [-0.25, -0.2) is 4.79 Å². The summed E-state index contributed by atoms with van der Waals surface area (Å²) in [5.74, 6) is -1.25. The first-order valence-corrected chi connectivity index (χ1v) is 10.2. The largest absolute Gasteiger partial charge is 0.457 e. The van der Waals surface area contributed by atoms with E-state index >= 15 is 0 Å². The molecule has 0 amide bonds. The van der Waals surface area contributed by atoms with E-state index in [1.807, 2.05) is 55.5 Å². The Morgan fingerprint density at radius 2 is 1.79 bits per heavy atom. The van der Waals surface area contributed by atoms with Crippen molar-refractivity contribution in [3.8, 4) is 0 Å². The van der Waals surface area contributed by atoms with Crippen LogP contribution in [0.5, 0.6) is 0 Å². The second-order valence-electron chi connectivity index (χ2n) is 7.46. The summed E-state index contributed by atoms with van der Waals surface area (Å²) in [6.07, 6.45) is 2.06. The molecule has 0 bridgehead atoms. The summed E-state index contributed by atoms with van der Waals surface area (Å²) in [5.41, 5.74) is 3.56. The number of carbonyl (C=O) groups excluding carboxylic acids is 2. The number of benzene rings is 2. The van der Waals surface area contributed by atoms with Crippen LogP contribution in [0.3, 0.4) is 0 Å². The van der Waals surface area contributed by atoms with E-state index < -0.39 is 17.8 Å². The standard InChI is InChI=1S/C24H22ClNO3/c1-15-21(24(28)29-14-16-8-3-2-4-9-16)22(17-10-5-6-11-18(17)25)23-19(26-15)12-7-13-20(23)27/h2-6,8-11,22-23H,7,12-14H2,1H3. The molecule has 0 saturated heterocycles. The van der Waals surface area contributed by atoms with Crippen molar-refractivity contribution in [3.63, 3.8) is 0 Å². The molecule has 0 radical (unpaired) electrons. The van der Waals surface area contributed by atoms with Crippen molar-refractivity contribution in [3.05, 3.63) is 82.0 Å². The zero-order valence-corrected chi connectivity index (χ0v) is 17.0. The van der Waals surface area contributed by atoms with Gasteiger partial charge >= 0.3 is 5.97 Å². The van der Waals surface area contributed by atoms with Crippen LogP contribution in [0.1, 0.15) is 43.2 Å². The van der Waals surface area contributed by atoms with Gasteiger partial charge in [0, 0.05) is 28.8 Å². The summed E-state index contributed by atoms with van der Waals surface area (Å²) in [6, 6.07) is 16.9. The van der Waals surface area contributed by atoms with Crippen LogP contribution in [-0.4, -0.2) is 17.5 Å². The van der Waals surface area contributed by atoms with Crippen LogP contribution in [0.2, 0.25) is 5.02 Å². The summed E-state index contributed by atoms with van der Waals surface area (Å²) in [5, 5.41) is 0.540. The molecular formula is C24H22ClNO3. The Bertz CT molecular complexity index is 1010. The third kappa shape index (κ3) is 3.90. The van der Waals surface area contributed by atoms with Crippen LogP contribution in [0.4, 0.5) is 0 Å². The smallest absolute Gasteiger partial charge is 0.336 e. The van der Waals surface area contributed by atoms with Crippen molar-refractivity contribution >= 4 is 29.1 Å². The van der Waals surface area contributed by atoms with E-state index in [9.17, 15) is 9.59 Å². The van der Waals surface area contributed by atoms with Crippen LogP contribution in [0, 0.1) is 5.92 Å². The Hall–Kier alpha value is -2.72. The second kappa shape index (κ2) is 8.34. The van der Waals surface area contributed by atoms with Gasteiger partial charge in [-0.05, 0) is 37.0 Å². The number of nitrogens with zero attached hydrogens (tertiary/aromatic N) is 1. The Morgan fingerprint density at radius 1 is 1.07 bits per heavy atom. The number of halogens is 1. The van der Waals surface area contributed by atoms with Crippen LogP contribution >= 0.6 is 11.6 Å². The number of hydrogen-bond donors (Lipinski definition) is 0. The first-order valence-electron chi connectivity index (χ1n) is 9.82. The van der Waals surface area contributed by atoms with Gasteiger partial charge in [0.05, 0.1) is 11.5 Å². The molecular weight excluding hydrogens is 386 g/mol. The molecule has 4 nitrogen and oxygen atoms in total. The van der Waals surface area contributed by atoms with Gasteiger partial charge in [0.15, 0.2) is 0 Å². The maximum atomic E-state index is 13.2. The first-order chi connectivity index (χ1) is 14.1. The fraction of sp³-hybridized carbons (Fsp3) is 0.292. The molecule has 2 aliphatic rings. The van der Waals surface area contributed by atoms with Crippen LogP contribution in [-0.2, 0) is 20.9 Å². The van der Waals surface area contributed by atoms with E-state index in [4.69, 9.17) is 16.3 Å². The lowest BCUT2D eigenvalue weighted by Gasteiger charge is -2.35. The van der Waals surface area contributed by atoms with Crippen molar-refractivity contribution in [2.45, 2.75) is 38.7 Å². The van der Waals surface area contributed by atoms with Gasteiger partial charge in [-0.2, -0.15) is 0 Å². The third-order valence-corrected chi connectivity index (χ3v) is 5.92. The number of allylic oxidation sites excluding steroid dienone is 1. The quantitative estimate of drug-likeness (QED) is 0.649. The van der Waals surface area contributed by atoms with Gasteiger partial charge in [-0.1, -0.05) is 60.1 Å². The molecule has 1 aliphatic heterocycles. The molecule has 1 saturated carbocycles. The van der Waals surface area contributed by atoms with Crippen molar-refractivity contribution in [2.24, 2.45) is 10.9 Å². The molecule has 2 aromatic carbocycles. The number of Topliss-reactive ketones (excluding diaryl/α,β-unsaturated/α-hetero) is 1. The Kier molecular flexibility index (Phi) is 5.63. The minimum absolute atomic E-state index is 0.112. The van der Waals surface area contributed by atoms with Gasteiger partial charge < -0.3 is 4.74 Å². The first kappa shape index (κ1) is 19.6. The fourth-order valence-electron chi connectivity index (χ4n) is 4.25. The highest BCUT2D eigenvalue weighted by atomic mass is 35.5. The van der Waals surface area contributed by atoms with E-state index in [1.54, 1.807) is 6.07 Å². The molecule has 2 aromatic rings. The van der Waals surface area contributed by atoms with Crippen molar-refractivity contribution in [1.82, 2.24) is 0 Å². The molecule has 1 aliphatic carbocycles. The van der Waals surface area contributed by atoms with Gasteiger partial charge in [0.25, 0.3) is 0 Å². The molecule has 2 unspecified atom stereocenters. The number of hydrogen-bond acceptors (Lipinski definition) is 4. The highest BCUT2D eigenvalue weighted by molar-refractivity contribution is 6.31. The number of rotatable bonds is 4. The van der Waals surface area contributed by atoms with Crippen LogP contribution in [0.25, 0.3) is 0 Å². The average molecular weight is 408 g/mol. The lowest BCUT2D eigenvalue weighted by atomic mass is 9.69. The highest BCUT2D eigenvalue weighted by Crippen LogP contribution is 2.45. The van der Waals surface area contributed by atoms with Gasteiger partial charge in [0.1, 0.15) is 12.4 Å². The fourth-order valence-corrected chi connectivity index (χ4v) is 4.50. The van der Waals surface area contributed by atoms with Gasteiger partial charge in [-0.3, -0.25) is 9.79 Å². The molecule has 1 fully saturated rings. The van der Waals surface area contributed by atoms with E-state index in [0.29, 0.717) is 22.7 Å². The second-order valence-corrected chi connectivity index (χ2v) is 7.87. The van der Waals surface area contributed by atoms with Gasteiger partial charge in [-0.15, -0.1) is 0 Å². The predicted molar refractivity (Wildman–Crippen MR) is 113 cm³/mol. The maximum absolute atomic E-state index is 13.2. The van der Waals surface area contributed by atoms with E-state index in [1.165, 1.54) is 0 Å². The Morgan fingerprint density at radius 3 is 2.55 bits per heavy atom. The summed E-state index contributed by atoms with van der Waals surface area (Å²) >= 11 is 6.50. The number of carbonyl (C=O) groups is 2. The van der Waals surface area contributed by atoms with Crippen molar-refractivity contribution in [2.75, 3.05) is 0 Å². The summed E-state index contributed by atoms with van der Waals surface area (Å²) in [6.45, 7) is 1.98. The van der Waals surface area contributed by atoms with Crippen LogP contribution in [0.15, 0.2) is 70.9 Å². The molecule has 5 heteroatoms. The maximum Gasteiger partial charge on any atom is 0.336 e. The average Bonchev–Trinajstić information content (AvgIpc) is 2.72. The highest BCUT2D eigenvalue weighted by Gasteiger charge is 2.44. The lowest BCUT2D eigenvalue weighted by Crippen LogP contribution is -2.39. The van der Waals surface area contributed by atoms with E-state index in [0.717, 1.165) is 29.7 Å². The molecule has 0 N–H and O–H groups in total. The molecule has 1 heterocycles. The summed E-state index contributed by atoms with van der Waals surface area (Å²) < 4.78 is 5.62. The molecule has 29 heavy (non-hydrogen) atoms. The minimum atomic E-state index is -0.465. The van der Waals surface area contributed by atoms with Crippen molar-refractivity contribution in [1.29, 1.82) is 0 Å². The number of aliphatic imine (C=N–C) groups is 1. The van der Waals surface area contributed by atoms with E-state index in [2.05, 4.69) is 4.99 Å². The monoisotopic (exact) mass is 407 g/mol. The van der Waals surface area contributed by atoms with E-state index in [-0.39, 0.29) is 12.4 Å². The zero-order valence-electron chi connectivity index (χ0n) is 16.2. The molecule has 4 rings (SSSR count). The topological polar surface area (TPSA) is 55.7 Å². The number of ketones is 1. The van der Waals surface area contributed by atoms with Crippen molar-refractivity contribution < 1.29 is 14.3 Å². The summed E-state index contributed by atoms with van der Waals surface area (Å²) in [7, 11) is 0. The number of esters is 1. The number of ether oxygens (including phenoxy) is 1. The Balaban J connectivity index is 1.73. The summed E-state index contributed by atoms with van der Waals surface area (Å²) in [4.78, 5) is 30.7. The molecule has 2 atom stereocenters. The SMILES string of the molecule is CC1=C(C(=O)OCc2ccccc2)C(c2ccccc2Cl)C2C(=O)CCCC2=N1. The molecule has 148 valence electrons. The molecule has 0 spiro atoms. The number of fused-ring (bicyclic) bond motifs is 1. The van der Waals surface area contributed by atoms with Gasteiger partial charge in [0.2, 0.25) is 0 Å². The predicted octanol–water partition coefficient (Wildman–Crippen LogP) is 5.26. The van der Waals surface area contributed by atoms with Crippen LogP contribution < -0.4 is 0 Å². The minimum Gasteiger partial charge on any atom is -0.457 e. The third-order valence-electron chi connectivity index (χ3n) is 5.58.